The number of pyridine rings is 1. The first-order chi connectivity index (χ1) is 11.8. The van der Waals surface area contributed by atoms with Gasteiger partial charge in [-0.15, -0.1) is 0 Å². The van der Waals surface area contributed by atoms with Crippen molar-refractivity contribution < 1.29 is 4.74 Å². The van der Waals surface area contributed by atoms with Crippen molar-refractivity contribution in [3.05, 3.63) is 47.2 Å². The van der Waals surface area contributed by atoms with Crippen LogP contribution in [0.15, 0.2) is 35.5 Å². The Morgan fingerprint density at radius 2 is 2.08 bits per heavy atom. The third-order valence-electron chi connectivity index (χ3n) is 5.30. The van der Waals surface area contributed by atoms with Gasteiger partial charge in [0.1, 0.15) is 0 Å². The molecule has 0 saturated carbocycles. The SMILES string of the molecule is COc1ccc(N=Cc2cc3c(cc2C)N(C)C(C)(C)C[C@H]3C)cn1. The molecular formula is C21H27N3O. The van der Waals surface area contributed by atoms with E-state index in [0.717, 1.165) is 17.7 Å². The molecule has 1 aliphatic rings. The summed E-state index contributed by atoms with van der Waals surface area (Å²) in [5.41, 5.74) is 6.15. The van der Waals surface area contributed by atoms with E-state index in [4.69, 9.17) is 4.74 Å². The van der Waals surface area contributed by atoms with Gasteiger partial charge < -0.3 is 9.64 Å². The number of hydrogen-bond donors (Lipinski definition) is 0. The molecule has 1 atom stereocenters. The van der Waals surface area contributed by atoms with Gasteiger partial charge in [-0.1, -0.05) is 6.92 Å². The van der Waals surface area contributed by atoms with Crippen LogP contribution in [0.25, 0.3) is 0 Å². The predicted molar refractivity (Wildman–Crippen MR) is 105 cm³/mol. The zero-order chi connectivity index (χ0) is 18.2. The highest BCUT2D eigenvalue weighted by molar-refractivity contribution is 5.85. The Morgan fingerprint density at radius 1 is 1.32 bits per heavy atom. The molecule has 0 unspecified atom stereocenters. The Kier molecular flexibility index (Phi) is 4.55. The van der Waals surface area contributed by atoms with E-state index in [2.05, 4.69) is 61.8 Å². The Balaban J connectivity index is 1.93. The maximum atomic E-state index is 5.08. The molecule has 0 spiro atoms. The average Bonchev–Trinajstić information content (AvgIpc) is 2.58. The molecule has 132 valence electrons. The van der Waals surface area contributed by atoms with Gasteiger partial charge in [0.05, 0.1) is 19.0 Å². The second kappa shape index (κ2) is 6.51. The summed E-state index contributed by atoms with van der Waals surface area (Å²) in [4.78, 5) is 11.2. The fourth-order valence-electron chi connectivity index (χ4n) is 3.59. The summed E-state index contributed by atoms with van der Waals surface area (Å²) in [6.45, 7) is 9.09. The summed E-state index contributed by atoms with van der Waals surface area (Å²) in [5, 5.41) is 0. The van der Waals surface area contributed by atoms with E-state index in [0.29, 0.717) is 11.8 Å². The number of hydrogen-bond acceptors (Lipinski definition) is 4. The van der Waals surface area contributed by atoms with Crippen LogP contribution in [0.3, 0.4) is 0 Å². The minimum Gasteiger partial charge on any atom is -0.481 e. The van der Waals surface area contributed by atoms with E-state index in [1.807, 2.05) is 18.3 Å². The Hall–Kier alpha value is -2.36. The van der Waals surface area contributed by atoms with Gasteiger partial charge >= 0.3 is 0 Å². The van der Waals surface area contributed by atoms with Crippen molar-refractivity contribution in [2.75, 3.05) is 19.1 Å². The van der Waals surface area contributed by atoms with E-state index in [1.165, 1.54) is 16.8 Å². The third-order valence-corrected chi connectivity index (χ3v) is 5.30. The van der Waals surface area contributed by atoms with Crippen molar-refractivity contribution in [1.82, 2.24) is 4.98 Å². The summed E-state index contributed by atoms with van der Waals surface area (Å²) >= 11 is 0. The normalized spacial score (nSPS) is 19.1. The molecule has 0 N–H and O–H groups in total. The molecule has 25 heavy (non-hydrogen) atoms. The van der Waals surface area contributed by atoms with Crippen LogP contribution in [0.2, 0.25) is 0 Å². The fraction of sp³-hybridized carbons (Fsp3) is 0.429. The summed E-state index contributed by atoms with van der Waals surface area (Å²) in [6.07, 6.45) is 4.81. The number of fused-ring (bicyclic) bond motifs is 1. The van der Waals surface area contributed by atoms with Crippen LogP contribution in [0.4, 0.5) is 11.4 Å². The van der Waals surface area contributed by atoms with Gasteiger partial charge in [-0.05, 0) is 68.0 Å². The molecular weight excluding hydrogens is 310 g/mol. The Morgan fingerprint density at radius 3 is 2.72 bits per heavy atom. The summed E-state index contributed by atoms with van der Waals surface area (Å²) < 4.78 is 5.08. The number of ether oxygens (including phenoxy) is 1. The van der Waals surface area contributed by atoms with Crippen molar-refractivity contribution in [1.29, 1.82) is 0 Å². The zero-order valence-electron chi connectivity index (χ0n) is 16.0. The first kappa shape index (κ1) is 17.5. The molecule has 0 radical (unpaired) electrons. The maximum absolute atomic E-state index is 5.08. The predicted octanol–water partition coefficient (Wildman–Crippen LogP) is 4.87. The molecule has 0 amide bonds. The first-order valence-corrected chi connectivity index (χ1v) is 8.74. The van der Waals surface area contributed by atoms with Crippen LogP contribution in [-0.4, -0.2) is 30.9 Å². The second-order valence-electron chi connectivity index (χ2n) is 7.56. The molecule has 0 fully saturated rings. The van der Waals surface area contributed by atoms with Crippen LogP contribution in [0, 0.1) is 6.92 Å². The number of anilines is 1. The number of aromatic nitrogens is 1. The van der Waals surface area contributed by atoms with E-state index in [9.17, 15) is 0 Å². The lowest BCUT2D eigenvalue weighted by Crippen LogP contribution is -2.45. The van der Waals surface area contributed by atoms with E-state index in [-0.39, 0.29) is 5.54 Å². The average molecular weight is 337 g/mol. The largest absolute Gasteiger partial charge is 0.481 e. The highest BCUT2D eigenvalue weighted by Gasteiger charge is 2.34. The number of rotatable bonds is 3. The van der Waals surface area contributed by atoms with Crippen LogP contribution >= 0.6 is 0 Å². The topological polar surface area (TPSA) is 37.7 Å². The molecule has 2 aromatic rings. The van der Waals surface area contributed by atoms with Gasteiger partial charge in [-0.2, -0.15) is 0 Å². The number of methoxy groups -OCH3 is 1. The first-order valence-electron chi connectivity index (χ1n) is 8.74. The molecule has 1 aromatic carbocycles. The zero-order valence-corrected chi connectivity index (χ0v) is 16.0. The van der Waals surface area contributed by atoms with Gasteiger partial charge in [0, 0.05) is 30.6 Å². The summed E-state index contributed by atoms with van der Waals surface area (Å²) in [6, 6.07) is 8.32. The lowest BCUT2D eigenvalue weighted by molar-refractivity contribution is 0.395. The van der Waals surface area contributed by atoms with Crippen molar-refractivity contribution >= 4 is 17.6 Å². The number of aliphatic imine (C=N–C) groups is 1. The van der Waals surface area contributed by atoms with Gasteiger partial charge in [0.15, 0.2) is 0 Å². The van der Waals surface area contributed by atoms with Crippen LogP contribution in [-0.2, 0) is 0 Å². The summed E-state index contributed by atoms with van der Waals surface area (Å²) in [7, 11) is 3.81. The number of nitrogens with zero attached hydrogens (tertiary/aromatic N) is 3. The number of benzene rings is 1. The molecule has 0 saturated heterocycles. The smallest absolute Gasteiger partial charge is 0.213 e. The standard InChI is InChI=1S/C21H27N3O/c1-14-9-19-18(15(2)11-21(3,4)24(19)5)10-16(14)12-22-17-7-8-20(25-6)23-13-17/h7-10,12-13,15H,11H2,1-6H3/t15-/m1/s1. The third kappa shape index (κ3) is 3.39. The highest BCUT2D eigenvalue weighted by Crippen LogP contribution is 2.43. The molecule has 2 heterocycles. The fourth-order valence-corrected chi connectivity index (χ4v) is 3.59. The van der Waals surface area contributed by atoms with Crippen LogP contribution in [0.5, 0.6) is 5.88 Å². The Bertz CT molecular complexity index is 794. The molecule has 1 aromatic heterocycles. The maximum Gasteiger partial charge on any atom is 0.213 e. The lowest BCUT2D eigenvalue weighted by atomic mass is 9.79. The molecule has 0 bridgehead atoms. The van der Waals surface area contributed by atoms with Gasteiger partial charge in [0.2, 0.25) is 5.88 Å². The van der Waals surface area contributed by atoms with Gasteiger partial charge in [0.25, 0.3) is 0 Å². The Labute approximate surface area is 150 Å². The molecule has 4 nitrogen and oxygen atoms in total. The quantitative estimate of drug-likeness (QED) is 0.750. The van der Waals surface area contributed by atoms with Crippen LogP contribution in [0.1, 0.15) is 49.8 Å². The monoisotopic (exact) mass is 337 g/mol. The van der Waals surface area contributed by atoms with Crippen molar-refractivity contribution in [2.45, 2.75) is 45.6 Å². The minimum atomic E-state index is 0.184. The van der Waals surface area contributed by atoms with E-state index in [1.54, 1.807) is 13.3 Å². The van der Waals surface area contributed by atoms with E-state index < -0.39 is 0 Å². The van der Waals surface area contributed by atoms with Crippen LogP contribution < -0.4 is 9.64 Å². The van der Waals surface area contributed by atoms with Crippen molar-refractivity contribution in [2.24, 2.45) is 4.99 Å². The molecule has 3 rings (SSSR count). The molecule has 4 heteroatoms. The lowest BCUT2D eigenvalue weighted by Gasteiger charge is -2.45. The second-order valence-corrected chi connectivity index (χ2v) is 7.56. The molecule has 0 aliphatic carbocycles. The number of aryl methyl sites for hydroxylation is 1. The van der Waals surface area contributed by atoms with Crippen molar-refractivity contribution in [3.8, 4) is 5.88 Å². The van der Waals surface area contributed by atoms with Gasteiger partial charge in [-0.3, -0.25) is 4.99 Å². The molecule has 1 aliphatic heterocycles. The summed E-state index contributed by atoms with van der Waals surface area (Å²) in [5.74, 6) is 1.14. The van der Waals surface area contributed by atoms with Crippen molar-refractivity contribution in [3.63, 3.8) is 0 Å². The minimum absolute atomic E-state index is 0.184. The van der Waals surface area contributed by atoms with Gasteiger partial charge in [-0.25, -0.2) is 4.98 Å². The van der Waals surface area contributed by atoms with E-state index >= 15 is 0 Å². The highest BCUT2D eigenvalue weighted by atomic mass is 16.5.